The van der Waals surface area contributed by atoms with Gasteiger partial charge in [-0.15, -0.1) is 0 Å². The molecule has 0 atom stereocenters. The zero-order valence-electron chi connectivity index (χ0n) is 7.56. The van der Waals surface area contributed by atoms with Crippen LogP contribution in [0.15, 0.2) is 18.2 Å². The molecule has 1 aromatic heterocycles. The number of hydrogen-bond donors (Lipinski definition) is 1. The van der Waals surface area contributed by atoms with Crippen molar-refractivity contribution in [3.8, 4) is 0 Å². The first-order valence-electron chi connectivity index (χ1n) is 4.14. The highest BCUT2D eigenvalue weighted by Gasteiger charge is 2.11. The first-order chi connectivity index (χ1) is 7.13. The van der Waals surface area contributed by atoms with E-state index in [9.17, 15) is 14.9 Å². The molecule has 0 spiro atoms. The molecule has 1 N–H and O–H groups in total. The number of hydrogen-bond acceptors (Lipinski definition) is 3. The van der Waals surface area contributed by atoms with Gasteiger partial charge in [0, 0.05) is 28.6 Å². The number of nitrogens with zero attached hydrogens (tertiary/aromatic N) is 1. The van der Waals surface area contributed by atoms with Crippen molar-refractivity contribution < 1.29 is 9.72 Å². The van der Waals surface area contributed by atoms with Gasteiger partial charge >= 0.3 is 0 Å². The molecule has 0 saturated carbocycles. The second-order valence-corrected chi connectivity index (χ2v) is 3.06. The Labute approximate surface area is 85.7 Å². The Hall–Kier alpha value is -2.11. The fourth-order valence-corrected chi connectivity index (χ4v) is 1.46. The zero-order valence-corrected chi connectivity index (χ0v) is 7.56. The number of nitrogens with one attached hydrogen (secondary N) is 1. The van der Waals surface area contributed by atoms with E-state index in [-0.39, 0.29) is 16.8 Å². The van der Waals surface area contributed by atoms with Gasteiger partial charge in [0.2, 0.25) is 0 Å². The lowest BCUT2D eigenvalue weighted by Gasteiger charge is -1.92. The van der Waals surface area contributed by atoms with E-state index < -0.39 is 4.92 Å². The van der Waals surface area contributed by atoms with Crippen molar-refractivity contribution in [2.45, 2.75) is 0 Å². The number of nitro groups is 1. The third-order valence-corrected chi connectivity index (χ3v) is 2.18. The van der Waals surface area contributed by atoms with Crippen LogP contribution < -0.4 is 5.59 Å². The second-order valence-electron chi connectivity index (χ2n) is 3.06. The molecule has 6 heteroatoms. The topological polar surface area (TPSA) is 76.0 Å². The van der Waals surface area contributed by atoms with Gasteiger partial charge in [-0.3, -0.25) is 14.9 Å². The van der Waals surface area contributed by atoms with Crippen LogP contribution in [0, 0.1) is 10.1 Å². The molecule has 0 aliphatic heterocycles. The lowest BCUT2D eigenvalue weighted by molar-refractivity contribution is -0.384. The number of fused-ring (bicyclic) bond motifs is 1. The fraction of sp³-hybridized carbons (Fsp3) is 0. The summed E-state index contributed by atoms with van der Waals surface area (Å²) in [5.41, 5.74) is 1.03. The van der Waals surface area contributed by atoms with E-state index in [0.29, 0.717) is 17.2 Å². The van der Waals surface area contributed by atoms with Gasteiger partial charge in [0.25, 0.3) is 5.69 Å². The van der Waals surface area contributed by atoms with Crippen molar-refractivity contribution in [3.63, 3.8) is 0 Å². The summed E-state index contributed by atoms with van der Waals surface area (Å²) >= 11 is 0. The summed E-state index contributed by atoms with van der Waals surface area (Å²) in [4.78, 5) is 23.5. The second kappa shape index (κ2) is 3.23. The molecular weight excluding hydrogens is 195 g/mol. The van der Waals surface area contributed by atoms with Gasteiger partial charge in [-0.25, -0.2) is 0 Å². The van der Waals surface area contributed by atoms with Gasteiger partial charge in [0.15, 0.2) is 6.29 Å². The maximum atomic E-state index is 10.7. The van der Waals surface area contributed by atoms with E-state index in [0.717, 1.165) is 0 Å². The molecule has 0 aliphatic rings. The number of benzene rings is 1. The summed E-state index contributed by atoms with van der Waals surface area (Å²) < 4.78 is 0. The number of nitro benzene ring substituents is 1. The van der Waals surface area contributed by atoms with Gasteiger partial charge in [-0.05, 0) is 11.7 Å². The number of H-pyrrole nitrogens is 1. The van der Waals surface area contributed by atoms with Gasteiger partial charge in [0.05, 0.1) is 4.92 Å². The number of aromatic nitrogens is 1. The number of rotatable bonds is 2. The van der Waals surface area contributed by atoms with Crippen LogP contribution >= 0.6 is 0 Å². The Balaban J connectivity index is 2.78. The van der Waals surface area contributed by atoms with Crippen molar-refractivity contribution in [3.05, 3.63) is 33.9 Å². The maximum absolute atomic E-state index is 10.7. The summed E-state index contributed by atoms with van der Waals surface area (Å²) in [6, 6.07) is 4.20. The van der Waals surface area contributed by atoms with Crippen molar-refractivity contribution >= 4 is 36.3 Å². The van der Waals surface area contributed by atoms with E-state index >= 15 is 0 Å². The summed E-state index contributed by atoms with van der Waals surface area (Å²) in [6.45, 7) is 0. The maximum Gasteiger partial charge on any atom is 0.270 e. The Morgan fingerprint density at radius 2 is 2.20 bits per heavy atom. The van der Waals surface area contributed by atoms with E-state index in [2.05, 4.69) is 4.98 Å². The normalized spacial score (nSPS) is 10.4. The van der Waals surface area contributed by atoms with Crippen molar-refractivity contribution in [1.29, 1.82) is 0 Å². The van der Waals surface area contributed by atoms with Crippen molar-refractivity contribution in [2.75, 3.05) is 0 Å². The molecular formula is C9H5BN2O3. The highest BCUT2D eigenvalue weighted by molar-refractivity contribution is 6.36. The van der Waals surface area contributed by atoms with Crippen molar-refractivity contribution in [2.24, 2.45) is 0 Å². The third kappa shape index (κ3) is 1.39. The van der Waals surface area contributed by atoms with E-state index in [1.54, 1.807) is 0 Å². The molecule has 2 rings (SSSR count). The van der Waals surface area contributed by atoms with E-state index in [4.69, 9.17) is 7.85 Å². The molecule has 2 aromatic rings. The SMILES string of the molecule is [B]c1[nH]c2ccc([N+](=O)[O-])cc2c1C=O. The highest BCUT2D eigenvalue weighted by atomic mass is 16.6. The Morgan fingerprint density at radius 1 is 1.47 bits per heavy atom. The van der Waals surface area contributed by atoms with Gasteiger partial charge < -0.3 is 4.98 Å². The molecule has 2 radical (unpaired) electrons. The van der Waals surface area contributed by atoms with Gasteiger partial charge in [-0.2, -0.15) is 0 Å². The van der Waals surface area contributed by atoms with E-state index in [1.807, 2.05) is 0 Å². The molecule has 1 aromatic carbocycles. The molecule has 5 nitrogen and oxygen atoms in total. The highest BCUT2D eigenvalue weighted by Crippen LogP contribution is 2.21. The Bertz CT molecular complexity index is 562. The summed E-state index contributed by atoms with van der Waals surface area (Å²) in [7, 11) is 5.53. The molecule has 0 aliphatic carbocycles. The molecule has 0 fully saturated rings. The van der Waals surface area contributed by atoms with E-state index in [1.165, 1.54) is 18.2 Å². The first-order valence-corrected chi connectivity index (χ1v) is 4.14. The van der Waals surface area contributed by atoms with Crippen LogP contribution in [0.25, 0.3) is 10.9 Å². The number of non-ortho nitro benzene ring substituents is 1. The van der Waals surface area contributed by atoms with Crippen LogP contribution in [0.2, 0.25) is 0 Å². The molecule has 72 valence electrons. The summed E-state index contributed by atoms with van der Waals surface area (Å²) in [6.07, 6.45) is 0.581. The molecule has 1 heterocycles. The fourth-order valence-electron chi connectivity index (χ4n) is 1.46. The molecule has 15 heavy (non-hydrogen) atoms. The summed E-state index contributed by atoms with van der Waals surface area (Å²) in [5, 5.41) is 11.0. The minimum absolute atomic E-state index is 0.0652. The number of aldehydes is 1. The van der Waals surface area contributed by atoms with Crippen LogP contribution in [0.1, 0.15) is 10.4 Å². The standard InChI is InChI=1S/C9H5BN2O3/c10-9-7(4-13)6-3-5(12(14)15)1-2-8(6)11-9/h1-4,11H. The van der Waals surface area contributed by atoms with Gasteiger partial charge in [0.1, 0.15) is 7.85 Å². The molecule has 0 unspecified atom stereocenters. The minimum Gasteiger partial charge on any atom is -0.367 e. The lowest BCUT2D eigenvalue weighted by Crippen LogP contribution is -2.07. The number of aromatic amines is 1. The summed E-state index contributed by atoms with van der Waals surface area (Å²) in [5.74, 6) is 0. The van der Waals surface area contributed by atoms with Crippen LogP contribution in [-0.2, 0) is 0 Å². The Kier molecular flexibility index (Phi) is 2.04. The molecule has 0 bridgehead atoms. The monoisotopic (exact) mass is 200 g/mol. The van der Waals surface area contributed by atoms with Gasteiger partial charge in [-0.1, -0.05) is 0 Å². The average molecular weight is 200 g/mol. The predicted octanol–water partition coefficient (Wildman–Crippen LogP) is 0.682. The smallest absolute Gasteiger partial charge is 0.270 e. The molecule has 0 saturated heterocycles. The number of carbonyl (C=O) groups is 1. The average Bonchev–Trinajstić information content (AvgIpc) is 2.51. The Morgan fingerprint density at radius 3 is 2.80 bits per heavy atom. The van der Waals surface area contributed by atoms with Crippen LogP contribution in [0.3, 0.4) is 0 Å². The van der Waals surface area contributed by atoms with Crippen LogP contribution in [0.4, 0.5) is 5.69 Å². The largest absolute Gasteiger partial charge is 0.367 e. The minimum atomic E-state index is -0.517. The van der Waals surface area contributed by atoms with Crippen LogP contribution in [0.5, 0.6) is 0 Å². The lowest BCUT2D eigenvalue weighted by atomic mass is 9.99. The van der Waals surface area contributed by atoms with Crippen LogP contribution in [-0.4, -0.2) is 24.0 Å². The quantitative estimate of drug-likeness (QED) is 0.335. The predicted molar refractivity (Wildman–Crippen MR) is 55.7 cm³/mol. The zero-order chi connectivity index (χ0) is 11.0. The number of carbonyl (C=O) groups excluding carboxylic acids is 1. The van der Waals surface area contributed by atoms with Crippen molar-refractivity contribution in [1.82, 2.24) is 4.98 Å². The molecule has 0 amide bonds. The third-order valence-electron chi connectivity index (χ3n) is 2.18. The first kappa shape index (κ1) is 9.45.